The van der Waals surface area contributed by atoms with E-state index in [0.29, 0.717) is 17.0 Å². The number of hydrogen-bond donors (Lipinski definition) is 1. The van der Waals surface area contributed by atoms with E-state index in [1.54, 1.807) is 63.4 Å². The quantitative estimate of drug-likeness (QED) is 0.487. The number of aromatic nitrogens is 1. The van der Waals surface area contributed by atoms with Gasteiger partial charge in [-0.2, -0.15) is 4.31 Å². The maximum atomic E-state index is 13.5. The maximum Gasteiger partial charge on any atom is 0.355 e. The molecule has 0 amide bonds. The van der Waals surface area contributed by atoms with E-state index in [1.807, 2.05) is 19.1 Å². The zero-order valence-corrected chi connectivity index (χ0v) is 19.5. The molecule has 3 aromatic rings. The minimum absolute atomic E-state index is 0.108. The third-order valence-corrected chi connectivity index (χ3v) is 7.11. The van der Waals surface area contributed by atoms with Crippen molar-refractivity contribution in [2.75, 3.05) is 13.7 Å². The summed E-state index contributed by atoms with van der Waals surface area (Å²) in [5.41, 5.74) is 3.33. The van der Waals surface area contributed by atoms with Crippen molar-refractivity contribution in [1.82, 2.24) is 9.29 Å². The first-order valence-corrected chi connectivity index (χ1v) is 11.7. The number of carbonyl (C=O) groups excluding carboxylic acids is 1. The summed E-state index contributed by atoms with van der Waals surface area (Å²) in [6.07, 6.45) is 0. The standard InChI is InChI=1S/C24H28N2O5S/c1-5-31-24(27)23-17(2)22(18(3)25-23)16-26(15-19-11-13-20(30-4)14-12-19)32(28,29)21-9-7-6-8-10-21/h6-14,25H,5,15-16H2,1-4H3. The Bertz CT molecular complexity index is 1170. The molecule has 8 heteroatoms. The molecule has 0 saturated carbocycles. The molecule has 1 N–H and O–H groups in total. The average molecular weight is 457 g/mol. The normalized spacial score (nSPS) is 11.5. The second-order valence-electron chi connectivity index (χ2n) is 7.38. The Labute approximate surface area is 189 Å². The van der Waals surface area contributed by atoms with Crippen molar-refractivity contribution in [2.45, 2.75) is 38.8 Å². The molecule has 0 aliphatic heterocycles. The van der Waals surface area contributed by atoms with Gasteiger partial charge in [0.25, 0.3) is 0 Å². The van der Waals surface area contributed by atoms with Crippen molar-refractivity contribution in [1.29, 1.82) is 0 Å². The van der Waals surface area contributed by atoms with Crippen LogP contribution in [-0.4, -0.2) is 37.4 Å². The van der Waals surface area contributed by atoms with Gasteiger partial charge in [0.15, 0.2) is 0 Å². The van der Waals surface area contributed by atoms with Crippen LogP contribution in [0.15, 0.2) is 59.5 Å². The number of H-pyrrole nitrogens is 1. The Morgan fingerprint density at radius 3 is 2.25 bits per heavy atom. The molecule has 1 aromatic heterocycles. The molecule has 3 rings (SSSR count). The summed E-state index contributed by atoms with van der Waals surface area (Å²) in [4.78, 5) is 15.6. The van der Waals surface area contributed by atoms with E-state index in [1.165, 1.54) is 4.31 Å². The predicted octanol–water partition coefficient (Wildman–Crippen LogP) is 4.21. The Balaban J connectivity index is 2.00. The van der Waals surface area contributed by atoms with Gasteiger partial charge in [-0.05, 0) is 61.7 Å². The van der Waals surface area contributed by atoms with Crippen LogP contribution in [0.4, 0.5) is 0 Å². The first kappa shape index (κ1) is 23.6. The summed E-state index contributed by atoms with van der Waals surface area (Å²) in [5.74, 6) is 0.245. The Morgan fingerprint density at radius 1 is 1.00 bits per heavy atom. The molecule has 32 heavy (non-hydrogen) atoms. The number of hydrogen-bond acceptors (Lipinski definition) is 5. The van der Waals surface area contributed by atoms with Gasteiger partial charge in [-0.15, -0.1) is 0 Å². The van der Waals surface area contributed by atoms with Crippen LogP contribution < -0.4 is 4.74 Å². The Hall–Kier alpha value is -3.10. The van der Waals surface area contributed by atoms with Gasteiger partial charge in [-0.3, -0.25) is 0 Å². The number of esters is 1. The largest absolute Gasteiger partial charge is 0.497 e. The van der Waals surface area contributed by atoms with Crippen molar-refractivity contribution in [3.8, 4) is 5.75 Å². The molecule has 0 aliphatic carbocycles. The number of methoxy groups -OCH3 is 1. The highest BCUT2D eigenvalue weighted by Crippen LogP contribution is 2.26. The minimum atomic E-state index is -3.80. The predicted molar refractivity (Wildman–Crippen MR) is 122 cm³/mol. The lowest BCUT2D eigenvalue weighted by molar-refractivity contribution is 0.0519. The lowest BCUT2D eigenvalue weighted by Gasteiger charge is -2.23. The zero-order valence-electron chi connectivity index (χ0n) is 18.7. The fourth-order valence-electron chi connectivity index (χ4n) is 3.51. The molecule has 0 spiro atoms. The van der Waals surface area contributed by atoms with Crippen LogP contribution in [0.3, 0.4) is 0 Å². The van der Waals surface area contributed by atoms with Crippen molar-refractivity contribution in [2.24, 2.45) is 0 Å². The summed E-state index contributed by atoms with van der Waals surface area (Å²) < 4.78 is 38.8. The Kier molecular flexibility index (Phi) is 7.37. The fraction of sp³-hybridized carbons (Fsp3) is 0.292. The van der Waals surface area contributed by atoms with Gasteiger partial charge in [0.2, 0.25) is 10.0 Å². The minimum Gasteiger partial charge on any atom is -0.497 e. The van der Waals surface area contributed by atoms with Gasteiger partial charge in [-0.25, -0.2) is 13.2 Å². The second kappa shape index (κ2) is 10.0. The number of benzene rings is 2. The van der Waals surface area contributed by atoms with Crippen molar-refractivity contribution < 1.29 is 22.7 Å². The third-order valence-electron chi connectivity index (χ3n) is 5.31. The molecule has 0 saturated heterocycles. The molecule has 0 atom stereocenters. The topological polar surface area (TPSA) is 88.7 Å². The summed E-state index contributed by atoms with van der Waals surface area (Å²) in [6, 6.07) is 15.6. The van der Waals surface area contributed by atoms with Crippen LogP contribution in [0, 0.1) is 13.8 Å². The second-order valence-corrected chi connectivity index (χ2v) is 9.32. The van der Waals surface area contributed by atoms with Crippen LogP contribution in [0.25, 0.3) is 0 Å². The number of rotatable bonds is 9. The molecule has 2 aromatic carbocycles. The highest BCUT2D eigenvalue weighted by atomic mass is 32.2. The fourth-order valence-corrected chi connectivity index (χ4v) is 4.93. The summed E-state index contributed by atoms with van der Waals surface area (Å²) in [6.45, 7) is 5.90. The molecule has 0 unspecified atom stereocenters. The van der Waals surface area contributed by atoms with E-state index in [-0.39, 0.29) is 24.6 Å². The van der Waals surface area contributed by atoms with Gasteiger partial charge in [0, 0.05) is 18.8 Å². The first-order chi connectivity index (χ1) is 15.3. The first-order valence-electron chi connectivity index (χ1n) is 10.3. The van der Waals surface area contributed by atoms with Crippen molar-refractivity contribution >= 4 is 16.0 Å². The molecule has 0 bridgehead atoms. The SMILES string of the molecule is CCOC(=O)c1[nH]c(C)c(CN(Cc2ccc(OC)cc2)S(=O)(=O)c2ccccc2)c1C. The molecule has 0 fully saturated rings. The van der Waals surface area contributed by atoms with Gasteiger partial charge in [0.05, 0.1) is 18.6 Å². The third kappa shape index (κ3) is 5.03. The van der Waals surface area contributed by atoms with Crippen molar-refractivity contribution in [3.05, 3.63) is 82.7 Å². The van der Waals surface area contributed by atoms with E-state index in [9.17, 15) is 13.2 Å². The Morgan fingerprint density at radius 2 is 1.66 bits per heavy atom. The molecule has 7 nitrogen and oxygen atoms in total. The van der Waals surface area contributed by atoms with E-state index in [0.717, 1.165) is 16.8 Å². The van der Waals surface area contributed by atoms with Crippen LogP contribution >= 0.6 is 0 Å². The van der Waals surface area contributed by atoms with Crippen molar-refractivity contribution in [3.63, 3.8) is 0 Å². The molecular weight excluding hydrogens is 428 g/mol. The van der Waals surface area contributed by atoms with Crippen LogP contribution in [-0.2, 0) is 27.8 Å². The number of nitrogens with one attached hydrogen (secondary N) is 1. The van der Waals surface area contributed by atoms with E-state index < -0.39 is 16.0 Å². The highest BCUT2D eigenvalue weighted by Gasteiger charge is 2.28. The average Bonchev–Trinajstić information content (AvgIpc) is 3.08. The van der Waals surface area contributed by atoms with Crippen LogP contribution in [0.1, 0.15) is 39.8 Å². The molecular formula is C24H28N2O5S. The number of nitrogens with zero attached hydrogens (tertiary/aromatic N) is 1. The maximum absolute atomic E-state index is 13.5. The zero-order chi connectivity index (χ0) is 23.3. The van der Waals surface area contributed by atoms with Gasteiger partial charge in [-0.1, -0.05) is 30.3 Å². The van der Waals surface area contributed by atoms with Gasteiger partial charge < -0.3 is 14.5 Å². The number of aryl methyl sites for hydroxylation is 1. The van der Waals surface area contributed by atoms with Gasteiger partial charge >= 0.3 is 5.97 Å². The summed E-state index contributed by atoms with van der Waals surface area (Å²) in [7, 11) is -2.21. The number of ether oxygens (including phenoxy) is 2. The lowest BCUT2D eigenvalue weighted by Crippen LogP contribution is -2.30. The summed E-state index contributed by atoms with van der Waals surface area (Å²) >= 11 is 0. The molecule has 1 heterocycles. The number of sulfonamides is 1. The molecule has 170 valence electrons. The monoisotopic (exact) mass is 456 g/mol. The number of carbonyl (C=O) groups is 1. The molecule has 0 aliphatic rings. The smallest absolute Gasteiger partial charge is 0.355 e. The van der Waals surface area contributed by atoms with Gasteiger partial charge in [0.1, 0.15) is 11.4 Å². The summed E-state index contributed by atoms with van der Waals surface area (Å²) in [5, 5.41) is 0. The highest BCUT2D eigenvalue weighted by molar-refractivity contribution is 7.89. The lowest BCUT2D eigenvalue weighted by atomic mass is 10.1. The van der Waals surface area contributed by atoms with E-state index >= 15 is 0 Å². The molecule has 0 radical (unpaired) electrons. The van der Waals surface area contributed by atoms with E-state index in [4.69, 9.17) is 9.47 Å². The van der Waals surface area contributed by atoms with Crippen LogP contribution in [0.5, 0.6) is 5.75 Å². The van der Waals surface area contributed by atoms with E-state index in [2.05, 4.69) is 4.98 Å². The number of aromatic amines is 1. The van der Waals surface area contributed by atoms with Crippen LogP contribution in [0.2, 0.25) is 0 Å².